The zero-order chi connectivity index (χ0) is 15.7. The van der Waals surface area contributed by atoms with Crippen LogP contribution in [0.4, 0.5) is 9.52 Å². The summed E-state index contributed by atoms with van der Waals surface area (Å²) in [6, 6.07) is 9.41. The van der Waals surface area contributed by atoms with Gasteiger partial charge in [-0.15, -0.1) is 0 Å². The highest BCUT2D eigenvalue weighted by molar-refractivity contribution is 7.22. The molecule has 0 radical (unpaired) electrons. The largest absolute Gasteiger partial charge is 0.496 e. The lowest BCUT2D eigenvalue weighted by Crippen LogP contribution is -2.13. The number of halogens is 2. The number of nitrogens with one attached hydrogen (secondary N) is 1. The second-order valence-corrected chi connectivity index (χ2v) is 5.87. The SMILES string of the molecule is COc1ccc(Cl)cc1C(=O)Nc1nc2c(F)cccc2s1. The molecule has 3 rings (SSSR count). The standard InChI is InChI=1S/C15H10ClFN2O2S/c1-21-11-6-5-8(16)7-9(11)14(20)19-15-18-13-10(17)3-2-4-12(13)22-15/h2-7H,1H3,(H,18,19,20). The molecule has 0 saturated heterocycles. The molecule has 0 saturated carbocycles. The van der Waals surface area contributed by atoms with E-state index in [1.54, 1.807) is 24.3 Å². The van der Waals surface area contributed by atoms with Crippen LogP contribution in [0.5, 0.6) is 5.75 Å². The Bertz CT molecular complexity index is 866. The lowest BCUT2D eigenvalue weighted by atomic mass is 10.2. The number of ether oxygens (including phenoxy) is 1. The fraction of sp³-hybridized carbons (Fsp3) is 0.0667. The second kappa shape index (κ2) is 5.90. The molecule has 2 aromatic carbocycles. The second-order valence-electron chi connectivity index (χ2n) is 4.40. The Hall–Kier alpha value is -2.18. The summed E-state index contributed by atoms with van der Waals surface area (Å²) in [5, 5.41) is 3.37. The number of para-hydroxylation sites is 1. The van der Waals surface area contributed by atoms with Crippen molar-refractivity contribution in [3.63, 3.8) is 0 Å². The van der Waals surface area contributed by atoms with Gasteiger partial charge in [0.25, 0.3) is 5.91 Å². The van der Waals surface area contributed by atoms with Crippen LogP contribution in [-0.2, 0) is 0 Å². The summed E-state index contributed by atoms with van der Waals surface area (Å²) in [6.45, 7) is 0. The highest BCUT2D eigenvalue weighted by Gasteiger charge is 2.16. The summed E-state index contributed by atoms with van der Waals surface area (Å²) in [7, 11) is 1.47. The molecule has 7 heteroatoms. The molecule has 1 heterocycles. The van der Waals surface area contributed by atoms with E-state index in [0.29, 0.717) is 20.6 Å². The maximum absolute atomic E-state index is 13.6. The minimum Gasteiger partial charge on any atom is -0.496 e. The summed E-state index contributed by atoms with van der Waals surface area (Å²) in [5.41, 5.74) is 0.524. The van der Waals surface area contributed by atoms with Crippen LogP contribution < -0.4 is 10.1 Å². The highest BCUT2D eigenvalue weighted by Crippen LogP contribution is 2.29. The molecule has 0 spiro atoms. The molecule has 0 atom stereocenters. The van der Waals surface area contributed by atoms with Gasteiger partial charge in [0.2, 0.25) is 0 Å². The number of nitrogens with zero attached hydrogens (tertiary/aromatic N) is 1. The average Bonchev–Trinajstić information content (AvgIpc) is 2.91. The van der Waals surface area contributed by atoms with Gasteiger partial charge in [0, 0.05) is 5.02 Å². The highest BCUT2D eigenvalue weighted by atomic mass is 35.5. The van der Waals surface area contributed by atoms with E-state index in [2.05, 4.69) is 10.3 Å². The van der Waals surface area contributed by atoms with Crippen molar-refractivity contribution in [2.75, 3.05) is 12.4 Å². The van der Waals surface area contributed by atoms with Crippen molar-refractivity contribution in [3.8, 4) is 5.75 Å². The number of anilines is 1. The van der Waals surface area contributed by atoms with Crippen LogP contribution in [0.25, 0.3) is 10.2 Å². The third-order valence-electron chi connectivity index (χ3n) is 3.00. The van der Waals surface area contributed by atoms with Crippen LogP contribution in [-0.4, -0.2) is 18.0 Å². The number of aromatic nitrogens is 1. The molecule has 1 aromatic heterocycles. The van der Waals surface area contributed by atoms with Crippen LogP contribution in [0.1, 0.15) is 10.4 Å². The number of carbonyl (C=O) groups excluding carboxylic acids is 1. The van der Waals surface area contributed by atoms with Gasteiger partial charge in [-0.25, -0.2) is 9.37 Å². The number of hydrogen-bond acceptors (Lipinski definition) is 4. The molecule has 1 amide bonds. The molecule has 1 N–H and O–H groups in total. The van der Waals surface area contributed by atoms with Crippen LogP contribution >= 0.6 is 22.9 Å². The van der Waals surface area contributed by atoms with E-state index in [-0.39, 0.29) is 11.1 Å². The van der Waals surface area contributed by atoms with Crippen molar-refractivity contribution in [1.29, 1.82) is 0 Å². The molecule has 0 unspecified atom stereocenters. The van der Waals surface area contributed by atoms with Gasteiger partial charge in [-0.2, -0.15) is 0 Å². The summed E-state index contributed by atoms with van der Waals surface area (Å²) in [5.74, 6) is -0.442. The molecule has 0 aliphatic rings. The van der Waals surface area contributed by atoms with E-state index in [9.17, 15) is 9.18 Å². The smallest absolute Gasteiger partial charge is 0.261 e. The molecule has 22 heavy (non-hydrogen) atoms. The predicted octanol–water partition coefficient (Wildman–Crippen LogP) is 4.35. The van der Waals surface area contributed by atoms with Gasteiger partial charge in [-0.3, -0.25) is 10.1 Å². The van der Waals surface area contributed by atoms with Crippen molar-refractivity contribution >= 4 is 44.2 Å². The quantitative estimate of drug-likeness (QED) is 0.773. The molecule has 0 aliphatic heterocycles. The Balaban J connectivity index is 1.93. The van der Waals surface area contributed by atoms with Gasteiger partial charge in [0.05, 0.1) is 17.4 Å². The Labute approximate surface area is 134 Å². The van der Waals surface area contributed by atoms with Gasteiger partial charge in [0.15, 0.2) is 5.13 Å². The number of benzene rings is 2. The normalized spacial score (nSPS) is 10.7. The summed E-state index contributed by atoms with van der Waals surface area (Å²) < 4.78 is 19.4. The van der Waals surface area contributed by atoms with Gasteiger partial charge in [-0.1, -0.05) is 29.0 Å². The van der Waals surface area contributed by atoms with Crippen LogP contribution in [0.15, 0.2) is 36.4 Å². The molecule has 0 bridgehead atoms. The number of amides is 1. The number of fused-ring (bicyclic) bond motifs is 1. The molecule has 4 nitrogen and oxygen atoms in total. The maximum atomic E-state index is 13.6. The molecule has 0 aliphatic carbocycles. The van der Waals surface area contributed by atoms with Crippen LogP contribution in [0.2, 0.25) is 5.02 Å². The molecular weight excluding hydrogens is 327 g/mol. The average molecular weight is 337 g/mol. The fourth-order valence-corrected chi connectivity index (χ4v) is 3.04. The molecule has 0 fully saturated rings. The minimum absolute atomic E-state index is 0.237. The first kappa shape index (κ1) is 14.7. The predicted molar refractivity (Wildman–Crippen MR) is 85.5 cm³/mol. The lowest BCUT2D eigenvalue weighted by molar-refractivity contribution is 0.102. The van der Waals surface area contributed by atoms with Crippen molar-refractivity contribution in [2.24, 2.45) is 0 Å². The van der Waals surface area contributed by atoms with Gasteiger partial charge < -0.3 is 4.74 Å². The Morgan fingerprint density at radius 2 is 2.18 bits per heavy atom. The number of thiazole rings is 1. The van der Waals surface area contributed by atoms with Crippen molar-refractivity contribution in [3.05, 3.63) is 52.8 Å². The zero-order valence-electron chi connectivity index (χ0n) is 11.4. The van der Waals surface area contributed by atoms with E-state index >= 15 is 0 Å². The van der Waals surface area contributed by atoms with Gasteiger partial charge >= 0.3 is 0 Å². The van der Waals surface area contributed by atoms with Crippen molar-refractivity contribution in [2.45, 2.75) is 0 Å². The monoisotopic (exact) mass is 336 g/mol. The zero-order valence-corrected chi connectivity index (χ0v) is 13.0. The Kier molecular flexibility index (Phi) is 3.96. The number of rotatable bonds is 3. The van der Waals surface area contributed by atoms with E-state index in [4.69, 9.17) is 16.3 Å². The van der Waals surface area contributed by atoms with Crippen LogP contribution in [0.3, 0.4) is 0 Å². The van der Waals surface area contributed by atoms with E-state index < -0.39 is 11.7 Å². The Morgan fingerprint density at radius 3 is 2.91 bits per heavy atom. The van der Waals surface area contributed by atoms with Crippen molar-refractivity contribution in [1.82, 2.24) is 4.98 Å². The summed E-state index contributed by atoms with van der Waals surface area (Å²) in [4.78, 5) is 16.4. The molecule has 3 aromatic rings. The van der Waals surface area contributed by atoms with Gasteiger partial charge in [0.1, 0.15) is 17.1 Å². The van der Waals surface area contributed by atoms with E-state index in [0.717, 1.165) is 0 Å². The lowest BCUT2D eigenvalue weighted by Gasteiger charge is -2.08. The number of carbonyl (C=O) groups is 1. The summed E-state index contributed by atoms with van der Waals surface area (Å²) in [6.07, 6.45) is 0. The number of hydrogen-bond donors (Lipinski definition) is 1. The first-order chi connectivity index (χ1) is 10.6. The number of methoxy groups -OCH3 is 1. The first-order valence-electron chi connectivity index (χ1n) is 6.28. The third kappa shape index (κ3) is 2.75. The first-order valence-corrected chi connectivity index (χ1v) is 7.48. The third-order valence-corrected chi connectivity index (χ3v) is 4.17. The topological polar surface area (TPSA) is 51.2 Å². The summed E-state index contributed by atoms with van der Waals surface area (Å²) >= 11 is 7.10. The van der Waals surface area contributed by atoms with E-state index in [1.807, 2.05) is 0 Å². The van der Waals surface area contributed by atoms with Crippen molar-refractivity contribution < 1.29 is 13.9 Å². The Morgan fingerprint density at radius 1 is 1.36 bits per heavy atom. The van der Waals surface area contributed by atoms with E-state index in [1.165, 1.54) is 30.6 Å². The molecule has 112 valence electrons. The van der Waals surface area contributed by atoms with Crippen LogP contribution in [0, 0.1) is 5.82 Å². The molecular formula is C15H10ClFN2O2S. The minimum atomic E-state index is -0.422. The maximum Gasteiger partial charge on any atom is 0.261 e. The fourth-order valence-electron chi connectivity index (χ4n) is 1.99. The van der Waals surface area contributed by atoms with Gasteiger partial charge in [-0.05, 0) is 30.3 Å².